The van der Waals surface area contributed by atoms with Crippen molar-refractivity contribution in [3.8, 4) is 5.75 Å². The van der Waals surface area contributed by atoms with E-state index in [9.17, 15) is 9.59 Å². The smallest absolute Gasteiger partial charge is 0.316 e. The van der Waals surface area contributed by atoms with Gasteiger partial charge in [0.05, 0.1) is 19.3 Å². The summed E-state index contributed by atoms with van der Waals surface area (Å²) in [7, 11) is 0. The maximum Gasteiger partial charge on any atom is 0.316 e. The number of hydrogen-bond donors (Lipinski definition) is 0. The first-order valence-electron chi connectivity index (χ1n) is 9.90. The van der Waals surface area contributed by atoms with Gasteiger partial charge >= 0.3 is 11.8 Å². The Balaban J connectivity index is 1.42. The highest BCUT2D eigenvalue weighted by molar-refractivity contribution is 5.89. The van der Waals surface area contributed by atoms with Crippen LogP contribution in [0.1, 0.15) is 41.8 Å². The zero-order chi connectivity index (χ0) is 20.1. The van der Waals surface area contributed by atoms with Crippen LogP contribution in [0.2, 0.25) is 0 Å². The number of rotatable bonds is 5. The number of amides is 2. The molecule has 0 unspecified atom stereocenters. The molecule has 3 heterocycles. The Morgan fingerprint density at radius 3 is 2.69 bits per heavy atom. The third-order valence-corrected chi connectivity index (χ3v) is 5.15. The highest BCUT2D eigenvalue weighted by Crippen LogP contribution is 2.29. The van der Waals surface area contributed by atoms with E-state index in [-0.39, 0.29) is 30.4 Å². The van der Waals surface area contributed by atoms with E-state index in [1.807, 2.05) is 30.3 Å². The van der Waals surface area contributed by atoms with Gasteiger partial charge in [-0.05, 0) is 31.4 Å². The average Bonchev–Trinajstić information content (AvgIpc) is 3.28. The van der Waals surface area contributed by atoms with Gasteiger partial charge in [0, 0.05) is 19.6 Å². The van der Waals surface area contributed by atoms with Gasteiger partial charge in [-0.3, -0.25) is 9.59 Å². The molecule has 1 aromatic carbocycles. The summed E-state index contributed by atoms with van der Waals surface area (Å²) in [6.45, 7) is 2.54. The molecule has 9 heteroatoms. The molecule has 2 fully saturated rings. The van der Waals surface area contributed by atoms with Crippen LogP contribution in [0.15, 0.2) is 34.9 Å². The summed E-state index contributed by atoms with van der Waals surface area (Å²) in [5, 5.41) is 4.01. The molecular formula is C20H24N4O5. The van der Waals surface area contributed by atoms with E-state index in [0.29, 0.717) is 44.4 Å². The second kappa shape index (κ2) is 9.04. The van der Waals surface area contributed by atoms with E-state index in [1.165, 1.54) is 0 Å². The van der Waals surface area contributed by atoms with Gasteiger partial charge in [0.1, 0.15) is 5.75 Å². The van der Waals surface area contributed by atoms with Gasteiger partial charge < -0.3 is 23.8 Å². The molecule has 29 heavy (non-hydrogen) atoms. The maximum atomic E-state index is 12.8. The van der Waals surface area contributed by atoms with Gasteiger partial charge in [0.25, 0.3) is 5.91 Å². The third-order valence-electron chi connectivity index (χ3n) is 5.15. The topological polar surface area (TPSA) is 98.0 Å². The molecule has 0 N–H and O–H groups in total. The molecule has 0 aliphatic carbocycles. The van der Waals surface area contributed by atoms with Gasteiger partial charge in [-0.15, -0.1) is 0 Å². The second-order valence-corrected chi connectivity index (χ2v) is 7.06. The number of ether oxygens (including phenoxy) is 2. The van der Waals surface area contributed by atoms with Gasteiger partial charge in [-0.2, -0.15) is 4.98 Å². The normalized spacial score (nSPS) is 19.8. The number of hydrogen-bond acceptors (Lipinski definition) is 7. The molecule has 0 bridgehead atoms. The predicted molar refractivity (Wildman–Crippen MR) is 101 cm³/mol. The van der Waals surface area contributed by atoms with E-state index < -0.39 is 0 Å². The molecule has 4 rings (SSSR count). The number of morpholine rings is 1. The quantitative estimate of drug-likeness (QED) is 0.753. The van der Waals surface area contributed by atoms with Crippen molar-refractivity contribution < 1.29 is 23.6 Å². The molecule has 2 saturated heterocycles. The number of para-hydroxylation sites is 1. The zero-order valence-corrected chi connectivity index (χ0v) is 16.2. The molecule has 2 aliphatic heterocycles. The van der Waals surface area contributed by atoms with Gasteiger partial charge in [-0.25, -0.2) is 0 Å². The largest absolute Gasteiger partial charge is 0.484 e. The maximum absolute atomic E-state index is 12.8. The standard InChI is InChI=1S/C20H24N4O5/c25-17(14-28-15-6-2-1-3-7-15)24-9-5-4-8-16(24)18-21-19(29-22-18)20(26)23-10-12-27-13-11-23/h1-3,6-7,16H,4-5,8-14H2/t16-/m1/s1. The Morgan fingerprint density at radius 2 is 1.90 bits per heavy atom. The van der Waals surface area contributed by atoms with Crippen molar-refractivity contribution >= 4 is 11.8 Å². The Morgan fingerprint density at radius 1 is 1.10 bits per heavy atom. The number of likely N-dealkylation sites (tertiary alicyclic amines) is 1. The minimum absolute atomic E-state index is 0.0413. The Bertz CT molecular complexity index is 834. The summed E-state index contributed by atoms with van der Waals surface area (Å²) in [5.74, 6) is 0.541. The van der Waals surface area contributed by atoms with Crippen LogP contribution in [0.4, 0.5) is 0 Å². The lowest BCUT2D eigenvalue weighted by Crippen LogP contribution is -2.42. The predicted octanol–water partition coefficient (Wildman–Crippen LogP) is 1.67. The highest BCUT2D eigenvalue weighted by atomic mass is 16.5. The highest BCUT2D eigenvalue weighted by Gasteiger charge is 2.33. The zero-order valence-electron chi connectivity index (χ0n) is 16.2. The number of carbonyl (C=O) groups is 2. The number of aromatic nitrogens is 2. The van der Waals surface area contributed by atoms with Crippen LogP contribution in [-0.4, -0.2) is 71.2 Å². The van der Waals surface area contributed by atoms with Crippen molar-refractivity contribution in [3.05, 3.63) is 42.0 Å². The monoisotopic (exact) mass is 400 g/mol. The summed E-state index contributed by atoms with van der Waals surface area (Å²) in [5.41, 5.74) is 0. The fraction of sp³-hybridized carbons (Fsp3) is 0.500. The van der Waals surface area contributed by atoms with E-state index in [2.05, 4.69) is 10.1 Å². The van der Waals surface area contributed by atoms with E-state index in [4.69, 9.17) is 14.0 Å². The lowest BCUT2D eigenvalue weighted by atomic mass is 10.0. The van der Waals surface area contributed by atoms with Crippen LogP contribution in [0.5, 0.6) is 5.75 Å². The summed E-state index contributed by atoms with van der Waals surface area (Å²) in [6, 6.07) is 8.91. The van der Waals surface area contributed by atoms with Crippen molar-refractivity contribution in [2.45, 2.75) is 25.3 Å². The lowest BCUT2D eigenvalue weighted by Gasteiger charge is -2.33. The SMILES string of the molecule is O=C(c1nc([C@H]2CCCCN2C(=O)COc2ccccc2)no1)N1CCOCC1. The van der Waals surface area contributed by atoms with Crippen LogP contribution >= 0.6 is 0 Å². The summed E-state index contributed by atoms with van der Waals surface area (Å²) < 4.78 is 16.1. The van der Waals surface area contributed by atoms with Gasteiger partial charge in [-0.1, -0.05) is 23.4 Å². The molecule has 9 nitrogen and oxygen atoms in total. The third kappa shape index (κ3) is 4.56. The van der Waals surface area contributed by atoms with Crippen LogP contribution in [-0.2, 0) is 9.53 Å². The number of nitrogens with zero attached hydrogens (tertiary/aromatic N) is 4. The molecule has 2 amide bonds. The Hall–Kier alpha value is -2.94. The molecule has 2 aromatic rings. The second-order valence-electron chi connectivity index (χ2n) is 7.06. The Kier molecular flexibility index (Phi) is 6.04. The summed E-state index contributed by atoms with van der Waals surface area (Å²) in [6.07, 6.45) is 2.59. The number of piperidine rings is 1. The Labute approximate surface area is 168 Å². The number of benzene rings is 1. The molecule has 0 radical (unpaired) electrons. The summed E-state index contributed by atoms with van der Waals surface area (Å²) in [4.78, 5) is 33.0. The van der Waals surface area contributed by atoms with Crippen molar-refractivity contribution in [1.82, 2.24) is 19.9 Å². The molecule has 0 spiro atoms. The van der Waals surface area contributed by atoms with Crippen molar-refractivity contribution in [2.24, 2.45) is 0 Å². The molecule has 0 saturated carbocycles. The van der Waals surface area contributed by atoms with E-state index in [1.54, 1.807) is 9.80 Å². The van der Waals surface area contributed by atoms with E-state index >= 15 is 0 Å². The molecule has 154 valence electrons. The first-order chi connectivity index (χ1) is 14.2. The first kappa shape index (κ1) is 19.4. The fourth-order valence-corrected chi connectivity index (χ4v) is 3.60. The minimum atomic E-state index is -0.314. The molecule has 1 atom stereocenters. The number of carbonyl (C=O) groups excluding carboxylic acids is 2. The molecule has 1 aromatic heterocycles. The van der Waals surface area contributed by atoms with Crippen LogP contribution in [0.3, 0.4) is 0 Å². The van der Waals surface area contributed by atoms with Crippen molar-refractivity contribution in [2.75, 3.05) is 39.5 Å². The van der Waals surface area contributed by atoms with Crippen LogP contribution in [0, 0.1) is 0 Å². The van der Waals surface area contributed by atoms with Crippen molar-refractivity contribution in [3.63, 3.8) is 0 Å². The van der Waals surface area contributed by atoms with Crippen molar-refractivity contribution in [1.29, 1.82) is 0 Å². The summed E-state index contributed by atoms with van der Waals surface area (Å²) >= 11 is 0. The fourth-order valence-electron chi connectivity index (χ4n) is 3.60. The minimum Gasteiger partial charge on any atom is -0.484 e. The van der Waals surface area contributed by atoms with Crippen LogP contribution in [0.25, 0.3) is 0 Å². The first-order valence-corrected chi connectivity index (χ1v) is 9.90. The van der Waals surface area contributed by atoms with Gasteiger partial charge in [0.15, 0.2) is 12.4 Å². The van der Waals surface area contributed by atoms with E-state index in [0.717, 1.165) is 19.3 Å². The lowest BCUT2D eigenvalue weighted by molar-refractivity contribution is -0.137. The van der Waals surface area contributed by atoms with Gasteiger partial charge in [0.2, 0.25) is 0 Å². The molecular weight excluding hydrogens is 376 g/mol. The molecule has 2 aliphatic rings. The average molecular weight is 400 g/mol. The van der Waals surface area contributed by atoms with Crippen LogP contribution < -0.4 is 4.74 Å².